The number of nitrogen functional groups attached to an aromatic ring is 1. The van der Waals surface area contributed by atoms with E-state index >= 15 is 0 Å². The van der Waals surface area contributed by atoms with E-state index in [-0.39, 0.29) is 16.9 Å². The van der Waals surface area contributed by atoms with Gasteiger partial charge in [-0.3, -0.25) is 24.3 Å². The number of H-pyrrole nitrogens is 1. The van der Waals surface area contributed by atoms with Crippen molar-refractivity contribution in [2.75, 3.05) is 5.73 Å². The number of pyridine rings is 1. The first kappa shape index (κ1) is 12.3. The summed E-state index contributed by atoms with van der Waals surface area (Å²) in [6.07, 6.45) is 1.54. The Labute approximate surface area is 122 Å². The number of nitrogens with zero attached hydrogens (tertiary/aromatic N) is 2. The minimum absolute atomic E-state index is 0.00590. The van der Waals surface area contributed by atoms with Gasteiger partial charge >= 0.3 is 0 Å². The number of benzene rings is 1. The molecule has 2 aromatic heterocycles. The molecule has 0 atom stereocenters. The highest BCUT2D eigenvalue weighted by molar-refractivity contribution is 6.23. The topological polar surface area (TPSA) is 123 Å². The Morgan fingerprint density at radius 1 is 1.09 bits per heavy atom. The van der Waals surface area contributed by atoms with Crippen LogP contribution < -0.4 is 16.6 Å². The number of nitrogens with one attached hydrogen (secondary N) is 2. The summed E-state index contributed by atoms with van der Waals surface area (Å²) in [7, 11) is 0. The first-order chi connectivity index (χ1) is 10.6. The fraction of sp³-hybridized carbons (Fsp3) is 0. The van der Waals surface area contributed by atoms with Gasteiger partial charge in [-0.1, -0.05) is 0 Å². The van der Waals surface area contributed by atoms with Gasteiger partial charge in [0.05, 0.1) is 34.2 Å². The van der Waals surface area contributed by atoms with Crippen LogP contribution in [0.5, 0.6) is 0 Å². The minimum atomic E-state index is -0.611. The average Bonchev–Trinajstić information content (AvgIpc) is 3.03. The number of carbonyl (C=O) groups is 2. The minimum Gasteiger partial charge on any atom is -0.384 e. The lowest BCUT2D eigenvalue weighted by Crippen LogP contribution is -2.24. The van der Waals surface area contributed by atoms with Gasteiger partial charge < -0.3 is 10.7 Å². The van der Waals surface area contributed by atoms with Crippen molar-refractivity contribution < 1.29 is 9.59 Å². The summed E-state index contributed by atoms with van der Waals surface area (Å²) in [5.41, 5.74) is 7.45. The van der Waals surface area contributed by atoms with E-state index in [1.807, 2.05) is 0 Å². The van der Waals surface area contributed by atoms with Gasteiger partial charge in [-0.2, -0.15) is 0 Å². The van der Waals surface area contributed by atoms with Crippen molar-refractivity contribution in [1.82, 2.24) is 19.9 Å². The number of aromatic amines is 1. The van der Waals surface area contributed by atoms with E-state index in [0.717, 1.165) is 17.1 Å². The number of fused-ring (bicyclic) bond motifs is 2. The van der Waals surface area contributed by atoms with Crippen molar-refractivity contribution in [3.05, 3.63) is 52.1 Å². The molecule has 4 N–H and O–H groups in total. The van der Waals surface area contributed by atoms with Crippen LogP contribution in [0.15, 0.2) is 35.4 Å². The van der Waals surface area contributed by atoms with Crippen LogP contribution in [-0.2, 0) is 0 Å². The fourth-order valence-electron chi connectivity index (χ4n) is 2.61. The van der Waals surface area contributed by atoms with Gasteiger partial charge in [-0.25, -0.2) is 4.98 Å². The molecular weight excluding hydrogens is 286 g/mol. The lowest BCUT2D eigenvalue weighted by atomic mass is 10.1. The van der Waals surface area contributed by atoms with E-state index in [4.69, 9.17) is 5.73 Å². The van der Waals surface area contributed by atoms with Crippen molar-refractivity contribution in [2.24, 2.45) is 0 Å². The molecule has 4 rings (SSSR count). The zero-order valence-corrected chi connectivity index (χ0v) is 11.1. The average molecular weight is 295 g/mol. The molecule has 1 aliphatic heterocycles. The Bertz CT molecular complexity index is 1030. The number of nitrogens with two attached hydrogens (primary N) is 1. The zero-order chi connectivity index (χ0) is 15.4. The number of rotatable bonds is 1. The summed E-state index contributed by atoms with van der Waals surface area (Å²) in [6, 6.07) is 6.21. The van der Waals surface area contributed by atoms with Crippen LogP contribution in [0, 0.1) is 0 Å². The van der Waals surface area contributed by atoms with Crippen LogP contribution in [-0.4, -0.2) is 26.3 Å². The molecule has 0 aliphatic carbocycles. The molecule has 0 radical (unpaired) electrons. The first-order valence-electron chi connectivity index (χ1n) is 6.41. The van der Waals surface area contributed by atoms with Gasteiger partial charge in [0.15, 0.2) is 0 Å². The van der Waals surface area contributed by atoms with Crippen LogP contribution in [0.4, 0.5) is 5.82 Å². The molecule has 2 amide bonds. The number of hydrogen-bond donors (Lipinski definition) is 3. The third-order valence-corrected chi connectivity index (χ3v) is 3.62. The number of imidazole rings is 1. The highest BCUT2D eigenvalue weighted by atomic mass is 16.2. The summed E-state index contributed by atoms with van der Waals surface area (Å²) in [5, 5.41) is 2.13. The van der Waals surface area contributed by atoms with Gasteiger partial charge in [0.25, 0.3) is 17.4 Å². The second-order valence-electron chi connectivity index (χ2n) is 4.88. The molecule has 1 aromatic carbocycles. The maximum atomic E-state index is 12.3. The molecule has 0 spiro atoms. The van der Waals surface area contributed by atoms with E-state index in [1.165, 1.54) is 10.9 Å². The van der Waals surface area contributed by atoms with E-state index in [9.17, 15) is 14.4 Å². The van der Waals surface area contributed by atoms with Crippen molar-refractivity contribution in [3.63, 3.8) is 0 Å². The summed E-state index contributed by atoms with van der Waals surface area (Å²) in [4.78, 5) is 42.8. The Morgan fingerprint density at radius 3 is 2.73 bits per heavy atom. The van der Waals surface area contributed by atoms with Crippen molar-refractivity contribution in [2.45, 2.75) is 0 Å². The summed E-state index contributed by atoms with van der Waals surface area (Å²) in [6.45, 7) is 0. The fourth-order valence-corrected chi connectivity index (χ4v) is 2.61. The van der Waals surface area contributed by atoms with Gasteiger partial charge in [-0.15, -0.1) is 0 Å². The van der Waals surface area contributed by atoms with Crippen LogP contribution >= 0.6 is 0 Å². The predicted octanol–water partition coefficient (Wildman–Crippen LogP) is 0.180. The molecule has 0 saturated heterocycles. The van der Waals surface area contributed by atoms with Gasteiger partial charge in [0.1, 0.15) is 5.82 Å². The number of amides is 2. The molecular formula is C14H9N5O3. The lowest BCUT2D eigenvalue weighted by Gasteiger charge is -2.11. The summed E-state index contributed by atoms with van der Waals surface area (Å²) >= 11 is 0. The largest absolute Gasteiger partial charge is 0.384 e. The Hall–Kier alpha value is -3.42. The van der Waals surface area contributed by atoms with Gasteiger partial charge in [-0.05, 0) is 18.2 Å². The molecule has 108 valence electrons. The van der Waals surface area contributed by atoms with E-state index < -0.39 is 17.4 Å². The highest BCUT2D eigenvalue weighted by Gasteiger charge is 2.31. The normalized spacial score (nSPS) is 13.5. The lowest BCUT2D eigenvalue weighted by molar-refractivity contribution is 0.0880. The van der Waals surface area contributed by atoms with E-state index in [1.54, 1.807) is 18.2 Å². The molecule has 8 nitrogen and oxygen atoms in total. The quantitative estimate of drug-likeness (QED) is 0.553. The predicted molar refractivity (Wildman–Crippen MR) is 77.9 cm³/mol. The number of imide groups is 1. The maximum absolute atomic E-state index is 12.3. The molecule has 3 aromatic rings. The number of aromatic nitrogens is 3. The molecule has 0 saturated carbocycles. The van der Waals surface area contributed by atoms with E-state index in [0.29, 0.717) is 5.69 Å². The third-order valence-electron chi connectivity index (χ3n) is 3.62. The Morgan fingerprint density at radius 2 is 1.91 bits per heavy atom. The smallest absolute Gasteiger partial charge is 0.262 e. The number of anilines is 1. The molecule has 8 heteroatoms. The second kappa shape index (κ2) is 4.04. The molecule has 0 bridgehead atoms. The monoisotopic (exact) mass is 295 g/mol. The SMILES string of the molecule is Nc1c2c(cc(=O)n1-c1ccc3nc[nH]c3c1)C(=O)NC2=O. The standard InChI is InChI=1S/C14H9N5O3/c15-12-11-7(13(21)18-14(11)22)4-10(20)19(12)6-1-2-8-9(3-6)17-5-16-8/h1-5H,15H2,(H,16,17)(H,18,21,22). The Kier molecular flexibility index (Phi) is 2.27. The van der Waals surface area contributed by atoms with Crippen LogP contribution in [0.2, 0.25) is 0 Å². The highest BCUT2D eigenvalue weighted by Crippen LogP contribution is 2.23. The first-order valence-corrected chi connectivity index (χ1v) is 6.41. The van der Waals surface area contributed by atoms with Gasteiger partial charge in [0.2, 0.25) is 0 Å². The van der Waals surface area contributed by atoms with Crippen molar-refractivity contribution >= 4 is 28.7 Å². The summed E-state index contributed by atoms with van der Waals surface area (Å²) in [5.74, 6) is -1.28. The van der Waals surface area contributed by atoms with E-state index in [2.05, 4.69) is 15.3 Å². The molecule has 22 heavy (non-hydrogen) atoms. The van der Waals surface area contributed by atoms with Crippen molar-refractivity contribution in [1.29, 1.82) is 0 Å². The summed E-state index contributed by atoms with van der Waals surface area (Å²) < 4.78 is 1.19. The van der Waals surface area contributed by atoms with Crippen molar-refractivity contribution in [3.8, 4) is 5.69 Å². The molecule has 1 aliphatic rings. The molecule has 3 heterocycles. The maximum Gasteiger partial charge on any atom is 0.262 e. The van der Waals surface area contributed by atoms with Crippen LogP contribution in [0.25, 0.3) is 16.7 Å². The number of hydrogen-bond acceptors (Lipinski definition) is 5. The second-order valence-corrected chi connectivity index (χ2v) is 4.88. The molecule has 0 unspecified atom stereocenters. The zero-order valence-electron chi connectivity index (χ0n) is 11.1. The van der Waals surface area contributed by atoms with Gasteiger partial charge in [0, 0.05) is 6.07 Å². The third kappa shape index (κ3) is 1.51. The number of carbonyl (C=O) groups excluding carboxylic acids is 2. The van der Waals surface area contributed by atoms with Crippen LogP contribution in [0.1, 0.15) is 20.7 Å². The molecule has 0 fully saturated rings. The van der Waals surface area contributed by atoms with Crippen LogP contribution in [0.3, 0.4) is 0 Å². The Balaban J connectivity index is 2.03.